The Morgan fingerprint density at radius 2 is 2.20 bits per heavy atom. The standard InChI is InChI=1S/C14H19FN4S/c1-2-5-12(16)13-10-19(18-17-13)8-9-20-14-7-4-3-6-11(14)15/h3-4,6-7,10,12H,2,5,8-9,16H2,1H3. The van der Waals surface area contributed by atoms with Gasteiger partial charge in [-0.1, -0.05) is 30.7 Å². The van der Waals surface area contributed by atoms with Crippen molar-refractivity contribution in [2.24, 2.45) is 5.73 Å². The van der Waals surface area contributed by atoms with Gasteiger partial charge in [-0.2, -0.15) is 0 Å². The minimum absolute atomic E-state index is 0.0482. The summed E-state index contributed by atoms with van der Waals surface area (Å²) in [4.78, 5) is 0.663. The Morgan fingerprint density at radius 3 is 2.95 bits per heavy atom. The molecule has 2 N–H and O–H groups in total. The van der Waals surface area contributed by atoms with Crippen molar-refractivity contribution in [3.63, 3.8) is 0 Å². The number of benzene rings is 1. The zero-order valence-electron chi connectivity index (χ0n) is 11.5. The van der Waals surface area contributed by atoms with Crippen LogP contribution in [0.1, 0.15) is 31.5 Å². The highest BCUT2D eigenvalue weighted by Gasteiger charge is 2.09. The minimum atomic E-state index is -0.179. The molecule has 0 aliphatic carbocycles. The number of aryl methyl sites for hydroxylation is 1. The van der Waals surface area contributed by atoms with E-state index in [-0.39, 0.29) is 11.9 Å². The van der Waals surface area contributed by atoms with Gasteiger partial charge >= 0.3 is 0 Å². The number of hydrogen-bond donors (Lipinski definition) is 1. The monoisotopic (exact) mass is 294 g/mol. The molecule has 2 rings (SSSR count). The van der Waals surface area contributed by atoms with E-state index in [1.54, 1.807) is 16.8 Å². The third-order valence-corrected chi connectivity index (χ3v) is 3.98. The lowest BCUT2D eigenvalue weighted by Crippen LogP contribution is -2.10. The van der Waals surface area contributed by atoms with Gasteiger partial charge in [0.25, 0.3) is 0 Å². The van der Waals surface area contributed by atoms with Gasteiger partial charge in [0, 0.05) is 10.6 Å². The fourth-order valence-electron chi connectivity index (χ4n) is 1.86. The lowest BCUT2D eigenvalue weighted by atomic mass is 10.1. The van der Waals surface area contributed by atoms with Crippen molar-refractivity contribution in [3.05, 3.63) is 42.0 Å². The second-order valence-corrected chi connectivity index (χ2v) is 5.72. The fourth-order valence-corrected chi connectivity index (χ4v) is 2.74. The van der Waals surface area contributed by atoms with Gasteiger partial charge in [-0.15, -0.1) is 16.9 Å². The van der Waals surface area contributed by atoms with Crippen LogP contribution in [0.3, 0.4) is 0 Å². The average molecular weight is 294 g/mol. The van der Waals surface area contributed by atoms with Crippen LogP contribution in [0.2, 0.25) is 0 Å². The number of hydrogen-bond acceptors (Lipinski definition) is 4. The number of aromatic nitrogens is 3. The predicted molar refractivity (Wildman–Crippen MR) is 79.0 cm³/mol. The normalized spacial score (nSPS) is 12.6. The summed E-state index contributed by atoms with van der Waals surface area (Å²) < 4.78 is 15.2. The molecular weight excluding hydrogens is 275 g/mol. The van der Waals surface area contributed by atoms with Crippen LogP contribution in [-0.4, -0.2) is 20.7 Å². The van der Waals surface area contributed by atoms with Crippen LogP contribution >= 0.6 is 11.8 Å². The highest BCUT2D eigenvalue weighted by Crippen LogP contribution is 2.21. The van der Waals surface area contributed by atoms with E-state index in [0.717, 1.165) is 24.3 Å². The van der Waals surface area contributed by atoms with E-state index in [0.29, 0.717) is 11.4 Å². The number of nitrogens with zero attached hydrogens (tertiary/aromatic N) is 3. The maximum absolute atomic E-state index is 13.4. The van der Waals surface area contributed by atoms with Gasteiger partial charge in [0.1, 0.15) is 5.82 Å². The van der Waals surface area contributed by atoms with Gasteiger partial charge in [0.2, 0.25) is 0 Å². The highest BCUT2D eigenvalue weighted by atomic mass is 32.2. The summed E-state index contributed by atoms with van der Waals surface area (Å²) in [6.45, 7) is 2.78. The van der Waals surface area contributed by atoms with Crippen LogP contribution in [0.4, 0.5) is 4.39 Å². The quantitative estimate of drug-likeness (QED) is 0.798. The first kappa shape index (κ1) is 15.0. The lowest BCUT2D eigenvalue weighted by molar-refractivity contribution is 0.600. The molecule has 2 aromatic rings. The van der Waals surface area contributed by atoms with E-state index in [1.165, 1.54) is 17.8 Å². The van der Waals surface area contributed by atoms with Crippen molar-refractivity contribution in [2.75, 3.05) is 5.75 Å². The van der Waals surface area contributed by atoms with Crippen LogP contribution in [0.25, 0.3) is 0 Å². The molecule has 1 atom stereocenters. The first-order valence-electron chi connectivity index (χ1n) is 6.73. The molecule has 1 unspecified atom stereocenters. The van der Waals surface area contributed by atoms with Gasteiger partial charge in [0.05, 0.1) is 24.5 Å². The molecule has 0 saturated heterocycles. The Balaban J connectivity index is 1.84. The van der Waals surface area contributed by atoms with Crippen molar-refractivity contribution >= 4 is 11.8 Å². The maximum Gasteiger partial charge on any atom is 0.136 e. The van der Waals surface area contributed by atoms with E-state index < -0.39 is 0 Å². The van der Waals surface area contributed by atoms with Crippen molar-refractivity contribution in [2.45, 2.75) is 37.2 Å². The minimum Gasteiger partial charge on any atom is -0.323 e. The largest absolute Gasteiger partial charge is 0.323 e. The number of rotatable bonds is 7. The number of nitrogens with two attached hydrogens (primary N) is 1. The Morgan fingerprint density at radius 1 is 1.40 bits per heavy atom. The molecule has 20 heavy (non-hydrogen) atoms. The van der Waals surface area contributed by atoms with Crippen LogP contribution < -0.4 is 5.73 Å². The van der Waals surface area contributed by atoms with E-state index in [4.69, 9.17) is 5.73 Å². The van der Waals surface area contributed by atoms with Gasteiger partial charge in [-0.25, -0.2) is 4.39 Å². The molecule has 0 amide bonds. The van der Waals surface area contributed by atoms with Gasteiger partial charge in [0.15, 0.2) is 0 Å². The van der Waals surface area contributed by atoms with Crippen LogP contribution in [0, 0.1) is 5.82 Å². The summed E-state index contributed by atoms with van der Waals surface area (Å²) in [5.74, 6) is 0.564. The second kappa shape index (κ2) is 7.40. The van der Waals surface area contributed by atoms with Crippen molar-refractivity contribution < 1.29 is 4.39 Å². The van der Waals surface area contributed by atoms with Crippen molar-refractivity contribution in [1.82, 2.24) is 15.0 Å². The first-order chi connectivity index (χ1) is 9.70. The fraction of sp³-hybridized carbons (Fsp3) is 0.429. The zero-order chi connectivity index (χ0) is 14.4. The van der Waals surface area contributed by atoms with Crippen molar-refractivity contribution in [1.29, 1.82) is 0 Å². The molecule has 108 valence electrons. The number of halogens is 1. The summed E-state index contributed by atoms with van der Waals surface area (Å²) in [6, 6.07) is 6.73. The molecule has 0 spiro atoms. The third-order valence-electron chi connectivity index (χ3n) is 2.95. The molecule has 4 nitrogen and oxygen atoms in total. The predicted octanol–water partition coefficient (Wildman–Crippen LogP) is 3.01. The molecular formula is C14H19FN4S. The third kappa shape index (κ3) is 4.05. The molecule has 1 aromatic carbocycles. The Hall–Kier alpha value is -1.40. The zero-order valence-corrected chi connectivity index (χ0v) is 12.3. The molecule has 0 radical (unpaired) electrons. The molecule has 0 bridgehead atoms. The van der Waals surface area contributed by atoms with Crippen LogP contribution in [0.5, 0.6) is 0 Å². The van der Waals surface area contributed by atoms with Gasteiger partial charge in [-0.05, 0) is 18.6 Å². The first-order valence-corrected chi connectivity index (χ1v) is 7.72. The van der Waals surface area contributed by atoms with Crippen LogP contribution in [-0.2, 0) is 6.54 Å². The molecule has 0 saturated carbocycles. The van der Waals surface area contributed by atoms with Crippen molar-refractivity contribution in [3.8, 4) is 0 Å². The maximum atomic E-state index is 13.4. The molecule has 0 aliphatic heterocycles. The Labute approximate surface area is 122 Å². The molecule has 1 heterocycles. The second-order valence-electron chi connectivity index (χ2n) is 4.58. The molecule has 6 heteroatoms. The van der Waals surface area contributed by atoms with E-state index >= 15 is 0 Å². The summed E-state index contributed by atoms with van der Waals surface area (Å²) in [5.41, 5.74) is 6.81. The lowest BCUT2D eigenvalue weighted by Gasteiger charge is -2.04. The van der Waals surface area contributed by atoms with Gasteiger partial charge < -0.3 is 5.73 Å². The summed E-state index contributed by atoms with van der Waals surface area (Å²) in [5, 5.41) is 8.14. The van der Waals surface area contributed by atoms with E-state index in [2.05, 4.69) is 17.2 Å². The van der Waals surface area contributed by atoms with Gasteiger partial charge in [-0.3, -0.25) is 4.68 Å². The summed E-state index contributed by atoms with van der Waals surface area (Å²) >= 11 is 1.47. The molecule has 0 fully saturated rings. The highest BCUT2D eigenvalue weighted by molar-refractivity contribution is 7.99. The smallest absolute Gasteiger partial charge is 0.136 e. The molecule has 1 aromatic heterocycles. The Kier molecular flexibility index (Phi) is 5.55. The summed E-state index contributed by atoms with van der Waals surface area (Å²) in [6.07, 6.45) is 3.81. The van der Waals surface area contributed by atoms with E-state index in [9.17, 15) is 4.39 Å². The molecule has 0 aliphatic rings. The number of thioether (sulfide) groups is 1. The SMILES string of the molecule is CCCC(N)c1cn(CCSc2ccccc2F)nn1. The van der Waals surface area contributed by atoms with E-state index in [1.807, 2.05) is 12.3 Å². The summed E-state index contributed by atoms with van der Waals surface area (Å²) in [7, 11) is 0. The topological polar surface area (TPSA) is 56.7 Å². The average Bonchev–Trinajstić information content (AvgIpc) is 2.90. The Bertz CT molecular complexity index is 543. The van der Waals surface area contributed by atoms with Crippen LogP contribution in [0.15, 0.2) is 35.4 Å².